The summed E-state index contributed by atoms with van der Waals surface area (Å²) in [7, 11) is -3.50. The summed E-state index contributed by atoms with van der Waals surface area (Å²) in [4.78, 5) is 12.0. The summed E-state index contributed by atoms with van der Waals surface area (Å²) in [5.74, 6) is 0.0387. The minimum absolute atomic E-state index is 0.0387. The third-order valence-electron chi connectivity index (χ3n) is 2.77. The van der Waals surface area contributed by atoms with E-state index in [0.717, 1.165) is 5.41 Å². The van der Waals surface area contributed by atoms with Gasteiger partial charge in [0.05, 0.1) is 4.90 Å². The van der Waals surface area contributed by atoms with E-state index in [9.17, 15) is 13.2 Å². The van der Waals surface area contributed by atoms with Crippen molar-refractivity contribution in [2.45, 2.75) is 44.6 Å². The van der Waals surface area contributed by atoms with E-state index < -0.39 is 15.9 Å². The average molecular weight is 309 g/mol. The van der Waals surface area contributed by atoms with E-state index in [1.54, 1.807) is 18.2 Å². The Bertz CT molecular complexity index is 598. The minimum Gasteiger partial charge on any atom is -0.324 e. The van der Waals surface area contributed by atoms with E-state index in [2.05, 4.69) is 0 Å². The van der Waals surface area contributed by atoms with E-state index in [1.165, 1.54) is 18.2 Å². The van der Waals surface area contributed by atoms with Crippen LogP contribution in [0.25, 0.3) is 0 Å². The molecule has 0 heterocycles. The molecule has 1 rings (SSSR count). The summed E-state index contributed by atoms with van der Waals surface area (Å²) in [5.41, 5.74) is 5.72. The van der Waals surface area contributed by atoms with Crippen LogP contribution in [0.3, 0.4) is 0 Å². The van der Waals surface area contributed by atoms with Crippen LogP contribution in [-0.2, 0) is 14.6 Å². The molecule has 0 aliphatic carbocycles. The van der Waals surface area contributed by atoms with E-state index >= 15 is 0 Å². The Labute approximate surface area is 127 Å². The summed E-state index contributed by atoms with van der Waals surface area (Å²) in [6, 6.07) is 7.53. The molecule has 0 aliphatic heterocycles. The van der Waals surface area contributed by atoms with Crippen molar-refractivity contribution < 1.29 is 13.2 Å². The molecule has 0 aliphatic rings. The molecule has 1 atom stereocenters. The molecule has 0 radical (unpaired) electrons. The fourth-order valence-corrected chi connectivity index (χ4v) is 2.99. The van der Waals surface area contributed by atoms with Gasteiger partial charge in [-0.3, -0.25) is 4.79 Å². The van der Waals surface area contributed by atoms with Crippen molar-refractivity contribution in [1.29, 1.82) is 0 Å². The lowest BCUT2D eigenvalue weighted by Gasteiger charge is -2.17. The lowest BCUT2D eigenvalue weighted by molar-refractivity contribution is -0.120. The third-order valence-corrected chi connectivity index (χ3v) is 4.21. The number of sulfone groups is 1. The summed E-state index contributed by atoms with van der Waals surface area (Å²) >= 11 is 0. The molecule has 0 saturated heterocycles. The van der Waals surface area contributed by atoms with Crippen LogP contribution in [0.5, 0.6) is 0 Å². The second kappa shape index (κ2) is 7.00. The second-order valence-electron chi connectivity index (χ2n) is 6.33. The molecule has 1 aromatic rings. The van der Waals surface area contributed by atoms with E-state index in [1.807, 2.05) is 20.8 Å². The molecular formula is C16H23NO3S. The van der Waals surface area contributed by atoms with Crippen LogP contribution in [0.4, 0.5) is 0 Å². The predicted molar refractivity (Wildman–Crippen MR) is 84.4 cm³/mol. The van der Waals surface area contributed by atoms with E-state index in [4.69, 9.17) is 5.73 Å². The maximum absolute atomic E-state index is 12.0. The van der Waals surface area contributed by atoms with Gasteiger partial charge >= 0.3 is 0 Å². The van der Waals surface area contributed by atoms with E-state index in [-0.39, 0.29) is 22.5 Å². The largest absolute Gasteiger partial charge is 0.324 e. The first-order valence-corrected chi connectivity index (χ1v) is 8.40. The highest BCUT2D eigenvalue weighted by Crippen LogP contribution is 2.20. The molecule has 0 amide bonds. The smallest absolute Gasteiger partial charge is 0.199 e. The molecule has 21 heavy (non-hydrogen) atoms. The van der Waals surface area contributed by atoms with Crippen LogP contribution in [0.1, 0.15) is 33.6 Å². The lowest BCUT2D eigenvalue weighted by atomic mass is 9.88. The average Bonchev–Trinajstić information content (AvgIpc) is 2.35. The Morgan fingerprint density at radius 1 is 1.24 bits per heavy atom. The zero-order valence-electron chi connectivity index (χ0n) is 12.7. The van der Waals surface area contributed by atoms with Crippen LogP contribution < -0.4 is 5.73 Å². The molecule has 0 bridgehead atoms. The van der Waals surface area contributed by atoms with Crippen LogP contribution in [0.15, 0.2) is 46.7 Å². The van der Waals surface area contributed by atoms with Gasteiger partial charge in [0.2, 0.25) is 0 Å². The predicted octanol–water partition coefficient (Wildman–Crippen LogP) is 2.70. The van der Waals surface area contributed by atoms with Gasteiger partial charge in [-0.05, 0) is 17.5 Å². The number of hydrogen-bond acceptors (Lipinski definition) is 4. The zero-order chi connectivity index (χ0) is 16.1. The van der Waals surface area contributed by atoms with Gasteiger partial charge in [0.1, 0.15) is 5.78 Å². The van der Waals surface area contributed by atoms with Crippen LogP contribution in [-0.4, -0.2) is 20.2 Å². The summed E-state index contributed by atoms with van der Waals surface area (Å²) in [6.07, 6.45) is 1.96. The number of ketones is 1. The minimum atomic E-state index is -3.50. The molecule has 4 nitrogen and oxygen atoms in total. The first-order chi connectivity index (χ1) is 9.60. The molecule has 0 fully saturated rings. The Kier molecular flexibility index (Phi) is 5.87. The standard InChI is InChI=1S/C16H23NO3S/c1-16(2,3)12-14(18)11-13(17)9-10-21(19,20)15-7-5-4-6-8-15/h4-10,13H,11-12,17H2,1-3H3/t13-/m1/s1. The fourth-order valence-electron chi connectivity index (χ4n) is 1.89. The third kappa shape index (κ3) is 6.69. The first kappa shape index (κ1) is 17.6. The molecule has 0 aromatic heterocycles. The highest BCUT2D eigenvalue weighted by atomic mass is 32.2. The molecule has 0 spiro atoms. The van der Waals surface area contributed by atoms with Gasteiger partial charge < -0.3 is 5.73 Å². The van der Waals surface area contributed by atoms with Gasteiger partial charge in [0.25, 0.3) is 0 Å². The highest BCUT2D eigenvalue weighted by Gasteiger charge is 2.17. The molecule has 1 aromatic carbocycles. The fraction of sp³-hybridized carbons (Fsp3) is 0.438. The zero-order valence-corrected chi connectivity index (χ0v) is 13.6. The van der Waals surface area contributed by atoms with Crippen molar-refractivity contribution >= 4 is 15.6 Å². The number of nitrogens with two attached hydrogens (primary N) is 1. The van der Waals surface area contributed by atoms with E-state index in [0.29, 0.717) is 6.42 Å². The summed E-state index contributed by atoms with van der Waals surface area (Å²) in [5, 5.41) is 1.08. The van der Waals surface area contributed by atoms with Crippen molar-refractivity contribution in [1.82, 2.24) is 0 Å². The summed E-state index contributed by atoms with van der Waals surface area (Å²) in [6.45, 7) is 5.93. The first-order valence-electron chi connectivity index (χ1n) is 6.86. The highest BCUT2D eigenvalue weighted by molar-refractivity contribution is 7.94. The normalized spacial score (nSPS) is 14.3. The molecule has 116 valence electrons. The maximum atomic E-state index is 12.0. The second-order valence-corrected chi connectivity index (χ2v) is 8.16. The van der Waals surface area contributed by atoms with Crippen molar-refractivity contribution in [3.8, 4) is 0 Å². The van der Waals surface area contributed by atoms with Crippen molar-refractivity contribution in [2.24, 2.45) is 11.1 Å². The SMILES string of the molecule is CC(C)(C)CC(=O)C[C@H](N)C=CS(=O)(=O)c1ccccc1. The number of benzene rings is 1. The topological polar surface area (TPSA) is 77.2 Å². The van der Waals surface area contributed by atoms with Gasteiger partial charge in [-0.25, -0.2) is 8.42 Å². The van der Waals surface area contributed by atoms with Gasteiger partial charge in [0, 0.05) is 24.3 Å². The number of Topliss-reactive ketones (excluding diaryl/α,β-unsaturated/α-hetero) is 1. The monoisotopic (exact) mass is 309 g/mol. The van der Waals surface area contributed by atoms with Crippen LogP contribution in [0.2, 0.25) is 0 Å². The molecule has 0 unspecified atom stereocenters. The Morgan fingerprint density at radius 2 is 1.81 bits per heavy atom. The lowest BCUT2D eigenvalue weighted by Crippen LogP contribution is -2.24. The van der Waals surface area contributed by atoms with Gasteiger partial charge in [-0.15, -0.1) is 0 Å². The quantitative estimate of drug-likeness (QED) is 0.876. The van der Waals surface area contributed by atoms with Gasteiger partial charge in [-0.2, -0.15) is 0 Å². The number of hydrogen-bond donors (Lipinski definition) is 1. The summed E-state index contributed by atoms with van der Waals surface area (Å²) < 4.78 is 24.0. The molecular weight excluding hydrogens is 286 g/mol. The Hall–Kier alpha value is -1.46. The number of carbonyl (C=O) groups is 1. The number of carbonyl (C=O) groups excluding carboxylic acids is 1. The van der Waals surface area contributed by atoms with Crippen molar-refractivity contribution in [3.05, 3.63) is 41.8 Å². The Morgan fingerprint density at radius 3 is 2.33 bits per heavy atom. The van der Waals surface area contributed by atoms with Crippen molar-refractivity contribution in [2.75, 3.05) is 0 Å². The Balaban J connectivity index is 2.66. The van der Waals surface area contributed by atoms with Crippen LogP contribution >= 0.6 is 0 Å². The maximum Gasteiger partial charge on any atom is 0.199 e. The van der Waals surface area contributed by atoms with Crippen molar-refractivity contribution in [3.63, 3.8) is 0 Å². The molecule has 5 heteroatoms. The molecule has 0 saturated carbocycles. The van der Waals surface area contributed by atoms with Gasteiger partial charge in [0.15, 0.2) is 9.84 Å². The number of rotatable bonds is 6. The molecule has 2 N–H and O–H groups in total. The van der Waals surface area contributed by atoms with Gasteiger partial charge in [-0.1, -0.05) is 45.0 Å². The van der Waals surface area contributed by atoms with Crippen LogP contribution in [0, 0.1) is 5.41 Å².